The third-order valence-corrected chi connectivity index (χ3v) is 6.13. The molecule has 0 saturated carbocycles. The summed E-state index contributed by atoms with van der Waals surface area (Å²) in [7, 11) is 0. The van der Waals surface area contributed by atoms with Crippen LogP contribution < -0.4 is 0 Å². The Bertz CT molecular complexity index is 772. The SMILES string of the molecule is Cc1ccc(C2=C(SCCO)C(=O)N(CCCN3CCOCC3)C2=O)c(C)c1. The van der Waals surface area contributed by atoms with Crippen LogP contribution in [0.25, 0.3) is 5.57 Å². The molecule has 2 aliphatic rings. The van der Waals surface area contributed by atoms with Crippen molar-refractivity contribution in [2.45, 2.75) is 20.3 Å². The molecule has 152 valence electrons. The second-order valence-electron chi connectivity index (χ2n) is 7.16. The fourth-order valence-electron chi connectivity index (χ4n) is 3.65. The van der Waals surface area contributed by atoms with Crippen LogP contribution >= 0.6 is 11.8 Å². The van der Waals surface area contributed by atoms with Gasteiger partial charge in [0.2, 0.25) is 0 Å². The van der Waals surface area contributed by atoms with Gasteiger partial charge in [-0.05, 0) is 31.4 Å². The first-order valence-electron chi connectivity index (χ1n) is 9.74. The van der Waals surface area contributed by atoms with Crippen LogP contribution in [0.4, 0.5) is 0 Å². The zero-order valence-electron chi connectivity index (χ0n) is 16.6. The van der Waals surface area contributed by atoms with E-state index < -0.39 is 0 Å². The molecule has 7 heteroatoms. The van der Waals surface area contributed by atoms with E-state index in [1.54, 1.807) is 0 Å². The zero-order chi connectivity index (χ0) is 20.1. The van der Waals surface area contributed by atoms with Crippen molar-refractivity contribution in [2.75, 3.05) is 51.8 Å². The Morgan fingerprint density at radius 3 is 2.54 bits per heavy atom. The molecule has 1 aromatic rings. The largest absolute Gasteiger partial charge is 0.396 e. The second-order valence-corrected chi connectivity index (χ2v) is 8.27. The molecule has 0 unspecified atom stereocenters. The topological polar surface area (TPSA) is 70.1 Å². The maximum atomic E-state index is 13.1. The molecule has 0 aliphatic carbocycles. The van der Waals surface area contributed by atoms with Gasteiger partial charge in [-0.3, -0.25) is 19.4 Å². The Morgan fingerprint density at radius 2 is 1.86 bits per heavy atom. The molecule has 1 fully saturated rings. The number of imide groups is 1. The molecule has 0 spiro atoms. The van der Waals surface area contributed by atoms with Crippen LogP contribution in [0, 0.1) is 13.8 Å². The summed E-state index contributed by atoms with van der Waals surface area (Å²) in [6.45, 7) is 8.45. The number of carbonyl (C=O) groups excluding carboxylic acids is 2. The quantitative estimate of drug-likeness (QED) is 0.667. The van der Waals surface area contributed by atoms with E-state index >= 15 is 0 Å². The lowest BCUT2D eigenvalue weighted by Crippen LogP contribution is -2.39. The first-order valence-corrected chi connectivity index (χ1v) is 10.7. The maximum Gasteiger partial charge on any atom is 0.267 e. The standard InChI is InChI=1S/C21H28N2O4S/c1-15-4-5-17(16(2)14-15)18-19(28-13-10-24)21(26)23(20(18)25)7-3-6-22-8-11-27-12-9-22/h4-5,14,24H,3,6-13H2,1-2H3. The molecule has 1 saturated heterocycles. The molecule has 0 bridgehead atoms. The van der Waals surface area contributed by atoms with Crippen LogP contribution in [0.15, 0.2) is 23.1 Å². The van der Waals surface area contributed by atoms with Gasteiger partial charge in [-0.2, -0.15) is 0 Å². The van der Waals surface area contributed by atoms with Gasteiger partial charge in [0, 0.05) is 31.9 Å². The Morgan fingerprint density at radius 1 is 1.11 bits per heavy atom. The van der Waals surface area contributed by atoms with E-state index in [9.17, 15) is 14.7 Å². The van der Waals surface area contributed by atoms with Crippen LogP contribution in [0.3, 0.4) is 0 Å². The lowest BCUT2D eigenvalue weighted by atomic mass is 9.99. The van der Waals surface area contributed by atoms with Crippen molar-refractivity contribution < 1.29 is 19.4 Å². The average Bonchev–Trinajstić information content (AvgIpc) is 2.91. The van der Waals surface area contributed by atoms with Gasteiger partial charge in [0.25, 0.3) is 11.8 Å². The lowest BCUT2D eigenvalue weighted by molar-refractivity contribution is -0.136. The van der Waals surface area contributed by atoms with Crippen LogP contribution in [0.1, 0.15) is 23.1 Å². The molecule has 6 nitrogen and oxygen atoms in total. The van der Waals surface area contributed by atoms with Crippen molar-refractivity contribution in [1.29, 1.82) is 0 Å². The number of benzene rings is 1. The Hall–Kier alpha value is -1.67. The van der Waals surface area contributed by atoms with E-state index in [0.29, 0.717) is 22.8 Å². The summed E-state index contributed by atoms with van der Waals surface area (Å²) in [5.41, 5.74) is 3.38. The fraction of sp³-hybridized carbons (Fsp3) is 0.524. The number of rotatable bonds is 8. The minimum atomic E-state index is -0.236. The number of morpholine rings is 1. The third-order valence-electron chi connectivity index (χ3n) is 5.07. The molecule has 0 aromatic heterocycles. The van der Waals surface area contributed by atoms with E-state index in [1.165, 1.54) is 16.7 Å². The number of thioether (sulfide) groups is 1. The van der Waals surface area contributed by atoms with Crippen LogP contribution in [-0.2, 0) is 14.3 Å². The Kier molecular flexibility index (Phi) is 7.29. The van der Waals surface area contributed by atoms with Crippen molar-refractivity contribution in [3.8, 4) is 0 Å². The van der Waals surface area contributed by atoms with Gasteiger partial charge >= 0.3 is 0 Å². The Balaban J connectivity index is 1.76. The summed E-state index contributed by atoms with van der Waals surface area (Å²) in [5.74, 6) is -0.0653. The number of ether oxygens (including phenoxy) is 1. The molecular weight excluding hydrogens is 376 g/mol. The number of hydrogen-bond donors (Lipinski definition) is 1. The van der Waals surface area contributed by atoms with E-state index in [1.807, 2.05) is 32.0 Å². The van der Waals surface area contributed by atoms with Crippen molar-refractivity contribution in [3.05, 3.63) is 39.8 Å². The second kappa shape index (κ2) is 9.69. The number of aliphatic hydroxyl groups excluding tert-OH is 1. The lowest BCUT2D eigenvalue weighted by Gasteiger charge is -2.27. The highest BCUT2D eigenvalue weighted by Crippen LogP contribution is 2.37. The van der Waals surface area contributed by atoms with Crippen molar-refractivity contribution in [1.82, 2.24) is 9.80 Å². The summed E-state index contributed by atoms with van der Waals surface area (Å²) in [6, 6.07) is 5.90. The van der Waals surface area contributed by atoms with Crippen LogP contribution in [0.5, 0.6) is 0 Å². The molecule has 2 aliphatic heterocycles. The summed E-state index contributed by atoms with van der Waals surface area (Å²) < 4.78 is 5.36. The molecule has 2 amide bonds. The van der Waals surface area contributed by atoms with E-state index in [0.717, 1.165) is 56.0 Å². The van der Waals surface area contributed by atoms with Gasteiger partial charge in [0.05, 0.1) is 30.3 Å². The Labute approximate surface area is 170 Å². The number of amides is 2. The monoisotopic (exact) mass is 404 g/mol. The van der Waals surface area contributed by atoms with Gasteiger partial charge in [-0.25, -0.2) is 0 Å². The molecule has 1 aromatic carbocycles. The summed E-state index contributed by atoms with van der Waals surface area (Å²) >= 11 is 1.27. The number of aryl methyl sites for hydroxylation is 2. The van der Waals surface area contributed by atoms with Gasteiger partial charge < -0.3 is 9.84 Å². The van der Waals surface area contributed by atoms with Crippen LogP contribution in [0.2, 0.25) is 0 Å². The highest BCUT2D eigenvalue weighted by atomic mass is 32.2. The number of carbonyl (C=O) groups is 2. The van der Waals surface area contributed by atoms with Crippen molar-refractivity contribution in [2.24, 2.45) is 0 Å². The van der Waals surface area contributed by atoms with Gasteiger partial charge in [-0.1, -0.05) is 23.8 Å². The van der Waals surface area contributed by atoms with Gasteiger partial charge in [0.15, 0.2) is 0 Å². The molecule has 3 rings (SSSR count). The highest BCUT2D eigenvalue weighted by molar-refractivity contribution is 8.04. The normalized spacial score (nSPS) is 18.5. The molecule has 1 N–H and O–H groups in total. The van der Waals surface area contributed by atoms with Gasteiger partial charge in [0.1, 0.15) is 0 Å². The van der Waals surface area contributed by atoms with Crippen LogP contribution in [-0.4, -0.2) is 78.5 Å². The predicted molar refractivity (Wildman–Crippen MR) is 111 cm³/mol. The summed E-state index contributed by atoms with van der Waals surface area (Å²) in [5, 5.41) is 9.21. The minimum absolute atomic E-state index is 0.0349. The fourth-order valence-corrected chi connectivity index (χ4v) is 4.52. The molecule has 2 heterocycles. The zero-order valence-corrected chi connectivity index (χ0v) is 17.4. The molecule has 0 atom stereocenters. The summed E-state index contributed by atoms with van der Waals surface area (Å²) in [4.78, 5) is 30.2. The maximum absolute atomic E-state index is 13.1. The van der Waals surface area contributed by atoms with Crippen molar-refractivity contribution in [3.63, 3.8) is 0 Å². The minimum Gasteiger partial charge on any atom is -0.396 e. The molecular formula is C21H28N2O4S. The average molecular weight is 405 g/mol. The number of nitrogens with zero attached hydrogens (tertiary/aromatic N) is 2. The third kappa shape index (κ3) is 4.66. The van der Waals surface area contributed by atoms with E-state index in [2.05, 4.69) is 4.90 Å². The predicted octanol–water partition coefficient (Wildman–Crippen LogP) is 1.83. The molecule has 0 radical (unpaired) electrons. The number of aliphatic hydroxyl groups is 1. The highest BCUT2D eigenvalue weighted by Gasteiger charge is 2.39. The van der Waals surface area contributed by atoms with Crippen molar-refractivity contribution >= 4 is 29.1 Å². The first-order chi connectivity index (χ1) is 13.5. The van der Waals surface area contributed by atoms with Gasteiger partial charge in [-0.15, -0.1) is 11.8 Å². The number of hydrogen-bond acceptors (Lipinski definition) is 6. The smallest absolute Gasteiger partial charge is 0.267 e. The first kappa shape index (κ1) is 21.0. The van der Waals surface area contributed by atoms with E-state index in [-0.39, 0.29) is 18.4 Å². The van der Waals surface area contributed by atoms with E-state index in [4.69, 9.17) is 4.74 Å². The summed E-state index contributed by atoms with van der Waals surface area (Å²) in [6.07, 6.45) is 0.746. The molecule has 28 heavy (non-hydrogen) atoms.